The van der Waals surface area contributed by atoms with Crippen LogP contribution in [-0.4, -0.2) is 17.0 Å². The molecule has 1 heterocycles. The van der Waals surface area contributed by atoms with Crippen LogP contribution in [0, 0.1) is 11.8 Å². The Morgan fingerprint density at radius 3 is 2.64 bits per heavy atom. The molecule has 0 spiro atoms. The van der Waals surface area contributed by atoms with Gasteiger partial charge in [-0.15, -0.1) is 0 Å². The van der Waals surface area contributed by atoms with Crippen molar-refractivity contribution >= 4 is 0 Å². The maximum absolute atomic E-state index is 3.88. The molecule has 1 aliphatic carbocycles. The summed E-state index contributed by atoms with van der Waals surface area (Å²) in [6, 6.07) is 1.66. The van der Waals surface area contributed by atoms with E-state index in [0.717, 1.165) is 23.9 Å². The summed E-state index contributed by atoms with van der Waals surface area (Å²) in [5.41, 5.74) is 0. The van der Waals surface area contributed by atoms with E-state index in [1.54, 1.807) is 0 Å². The lowest BCUT2D eigenvalue weighted by atomic mass is 10.00. The Bertz CT molecular complexity index is 174. The Balaban J connectivity index is 2.06. The van der Waals surface area contributed by atoms with Crippen molar-refractivity contribution in [1.29, 1.82) is 0 Å². The van der Waals surface area contributed by atoms with E-state index >= 15 is 0 Å². The molecular formula is C10H17N. The molecule has 3 atom stereocenters. The van der Waals surface area contributed by atoms with E-state index < -0.39 is 0 Å². The molecular weight excluding hydrogens is 134 g/mol. The van der Waals surface area contributed by atoms with Gasteiger partial charge in [0.05, 0.1) is 0 Å². The average Bonchev–Trinajstić information content (AvgIpc) is 2.63. The van der Waals surface area contributed by atoms with Gasteiger partial charge in [0.2, 0.25) is 0 Å². The summed E-state index contributed by atoms with van der Waals surface area (Å²) in [6.45, 7) is 8.50. The molecule has 0 N–H and O–H groups in total. The van der Waals surface area contributed by atoms with Gasteiger partial charge in [-0.25, -0.2) is 0 Å². The molecule has 1 saturated heterocycles. The number of rotatable bonds is 2. The third-order valence-corrected chi connectivity index (χ3v) is 3.18. The van der Waals surface area contributed by atoms with Crippen LogP contribution in [0.15, 0.2) is 12.8 Å². The maximum Gasteiger partial charge on any atom is 0.0320 e. The van der Waals surface area contributed by atoms with Crippen molar-refractivity contribution in [3.63, 3.8) is 0 Å². The number of piperidine rings is 1. The fourth-order valence-corrected chi connectivity index (χ4v) is 2.42. The van der Waals surface area contributed by atoms with Crippen LogP contribution in [0.4, 0.5) is 0 Å². The normalized spacial score (nSPS) is 41.0. The smallest absolute Gasteiger partial charge is 0.0320 e. The van der Waals surface area contributed by atoms with Crippen molar-refractivity contribution in [3.8, 4) is 0 Å². The van der Waals surface area contributed by atoms with Crippen LogP contribution in [0.1, 0.15) is 26.7 Å². The maximum atomic E-state index is 3.88. The molecule has 62 valence electrons. The highest BCUT2D eigenvalue weighted by molar-refractivity contribution is 5.09. The van der Waals surface area contributed by atoms with Crippen LogP contribution in [0.25, 0.3) is 0 Å². The van der Waals surface area contributed by atoms with Crippen molar-refractivity contribution in [2.24, 2.45) is 11.8 Å². The Morgan fingerprint density at radius 1 is 1.45 bits per heavy atom. The molecule has 2 aliphatic rings. The van der Waals surface area contributed by atoms with Crippen LogP contribution in [-0.2, 0) is 0 Å². The van der Waals surface area contributed by atoms with Crippen LogP contribution in [0.3, 0.4) is 0 Å². The molecule has 1 nitrogen and oxygen atoms in total. The molecule has 0 aromatic carbocycles. The minimum absolute atomic E-state index is 0.788. The number of likely N-dealkylation sites (tertiary alicyclic amines) is 1. The zero-order chi connectivity index (χ0) is 8.01. The van der Waals surface area contributed by atoms with Gasteiger partial charge in [-0.1, -0.05) is 20.4 Å². The summed E-state index contributed by atoms with van der Waals surface area (Å²) in [4.78, 5) is 2.48. The Morgan fingerprint density at radius 2 is 2.18 bits per heavy atom. The van der Waals surface area contributed by atoms with Gasteiger partial charge in [-0.05, 0) is 30.9 Å². The largest absolute Gasteiger partial charge is 0.372 e. The molecule has 0 aromatic heterocycles. The van der Waals surface area contributed by atoms with Gasteiger partial charge in [0.1, 0.15) is 0 Å². The van der Waals surface area contributed by atoms with E-state index in [4.69, 9.17) is 0 Å². The lowest BCUT2D eigenvalue weighted by Gasteiger charge is -2.28. The topological polar surface area (TPSA) is 3.24 Å². The van der Waals surface area contributed by atoms with Gasteiger partial charge in [0, 0.05) is 12.1 Å². The van der Waals surface area contributed by atoms with Gasteiger partial charge in [-0.3, -0.25) is 0 Å². The van der Waals surface area contributed by atoms with E-state index in [2.05, 4.69) is 25.3 Å². The Labute approximate surface area is 69.1 Å². The quantitative estimate of drug-likeness (QED) is 0.585. The van der Waals surface area contributed by atoms with Gasteiger partial charge < -0.3 is 4.90 Å². The molecule has 0 amide bonds. The molecule has 2 rings (SSSR count). The van der Waals surface area contributed by atoms with Gasteiger partial charge >= 0.3 is 0 Å². The number of hydrogen-bond acceptors (Lipinski definition) is 1. The number of nitrogens with zero attached hydrogens (tertiary/aromatic N) is 1. The predicted octanol–water partition coefficient (Wildman–Crippen LogP) is 2.25. The van der Waals surface area contributed by atoms with Gasteiger partial charge in [-0.2, -0.15) is 0 Å². The van der Waals surface area contributed by atoms with Crippen molar-refractivity contribution in [1.82, 2.24) is 4.90 Å². The molecule has 0 bridgehead atoms. The highest BCUT2D eigenvalue weighted by atomic mass is 15.2. The Hall–Kier alpha value is -0.460. The monoisotopic (exact) mass is 151 g/mol. The first-order valence-corrected chi connectivity index (χ1v) is 4.64. The van der Waals surface area contributed by atoms with Crippen molar-refractivity contribution in [2.45, 2.75) is 38.8 Å². The first-order valence-electron chi connectivity index (χ1n) is 4.64. The van der Waals surface area contributed by atoms with Crippen LogP contribution >= 0.6 is 0 Å². The molecule has 1 aliphatic heterocycles. The second-order valence-electron chi connectivity index (χ2n) is 4.24. The average molecular weight is 151 g/mol. The molecule has 2 fully saturated rings. The third kappa shape index (κ3) is 0.979. The highest BCUT2D eigenvalue weighted by Crippen LogP contribution is 2.49. The third-order valence-electron chi connectivity index (χ3n) is 3.18. The first kappa shape index (κ1) is 7.20. The zero-order valence-electron chi connectivity index (χ0n) is 7.46. The van der Waals surface area contributed by atoms with Crippen molar-refractivity contribution in [2.75, 3.05) is 0 Å². The molecule has 1 saturated carbocycles. The lowest BCUT2D eigenvalue weighted by molar-refractivity contribution is 0.244. The second kappa shape index (κ2) is 2.26. The fourth-order valence-electron chi connectivity index (χ4n) is 2.42. The Kier molecular flexibility index (Phi) is 1.48. The second-order valence-corrected chi connectivity index (χ2v) is 4.24. The number of fused-ring (bicyclic) bond motifs is 1. The van der Waals surface area contributed by atoms with Gasteiger partial charge in [0.25, 0.3) is 0 Å². The van der Waals surface area contributed by atoms with Crippen molar-refractivity contribution < 1.29 is 0 Å². The van der Waals surface area contributed by atoms with Gasteiger partial charge in [0.15, 0.2) is 0 Å². The molecule has 0 radical (unpaired) electrons. The highest BCUT2D eigenvalue weighted by Gasteiger charge is 2.50. The summed E-state index contributed by atoms with van der Waals surface area (Å²) < 4.78 is 0. The van der Waals surface area contributed by atoms with E-state index in [0.29, 0.717) is 0 Å². The summed E-state index contributed by atoms with van der Waals surface area (Å²) in [5, 5.41) is 0. The summed E-state index contributed by atoms with van der Waals surface area (Å²) in [6.07, 6.45) is 4.88. The molecule has 0 aromatic rings. The number of hydrogen-bond donors (Lipinski definition) is 0. The van der Waals surface area contributed by atoms with Crippen LogP contribution in [0.2, 0.25) is 0 Å². The molecule has 1 unspecified atom stereocenters. The predicted molar refractivity (Wildman–Crippen MR) is 47.2 cm³/mol. The standard InChI is InChI=1S/C10H17N/c1-4-11-9(7(2)3)5-8-6-10(8)11/h4,7-10H,1,5-6H2,2-3H3/t8-,9-,10?/m0/s1. The summed E-state index contributed by atoms with van der Waals surface area (Å²) in [7, 11) is 0. The zero-order valence-corrected chi connectivity index (χ0v) is 7.46. The minimum Gasteiger partial charge on any atom is -0.372 e. The van der Waals surface area contributed by atoms with E-state index in [1.165, 1.54) is 12.8 Å². The molecule has 1 heteroatoms. The van der Waals surface area contributed by atoms with E-state index in [-0.39, 0.29) is 0 Å². The van der Waals surface area contributed by atoms with E-state index in [1.807, 2.05) is 6.20 Å². The SMILES string of the molecule is C=CN1C2C[C@@H]2C[C@H]1C(C)C. The van der Waals surface area contributed by atoms with Crippen LogP contribution < -0.4 is 0 Å². The van der Waals surface area contributed by atoms with Crippen LogP contribution in [0.5, 0.6) is 0 Å². The van der Waals surface area contributed by atoms with E-state index in [9.17, 15) is 0 Å². The summed E-state index contributed by atoms with van der Waals surface area (Å²) in [5.74, 6) is 1.81. The van der Waals surface area contributed by atoms with Crippen molar-refractivity contribution in [3.05, 3.63) is 12.8 Å². The fraction of sp³-hybridized carbons (Fsp3) is 0.800. The summed E-state index contributed by atoms with van der Waals surface area (Å²) >= 11 is 0. The lowest BCUT2D eigenvalue weighted by Crippen LogP contribution is -2.31. The minimum atomic E-state index is 0.788. The molecule has 11 heavy (non-hydrogen) atoms. The first-order chi connectivity index (χ1) is 5.24.